The van der Waals surface area contributed by atoms with Crippen LogP contribution in [0.15, 0.2) is 41.2 Å². The third-order valence-corrected chi connectivity index (χ3v) is 4.80. The Balaban J connectivity index is 2.13. The first-order valence-corrected chi connectivity index (χ1v) is 8.45. The van der Waals surface area contributed by atoms with Crippen LogP contribution in [-0.2, 0) is 5.04 Å². The van der Waals surface area contributed by atoms with Crippen molar-refractivity contribution in [3.8, 4) is 11.4 Å². The highest BCUT2D eigenvalue weighted by Gasteiger charge is 2.27. The van der Waals surface area contributed by atoms with E-state index in [1.165, 1.54) is 11.7 Å². The van der Waals surface area contributed by atoms with Crippen molar-refractivity contribution in [1.29, 1.82) is 0 Å². The average Bonchev–Trinajstić information content (AvgIpc) is 3.47. The van der Waals surface area contributed by atoms with Gasteiger partial charge in [-0.1, -0.05) is 28.8 Å². The predicted molar refractivity (Wildman–Crippen MR) is 96.7 cm³/mol. The maximum atomic E-state index is 12.7. The van der Waals surface area contributed by atoms with Crippen molar-refractivity contribution in [2.45, 2.75) is 18.8 Å². The molecule has 1 aliphatic rings. The highest BCUT2D eigenvalue weighted by atomic mass is 35.5. The summed E-state index contributed by atoms with van der Waals surface area (Å²) >= 11 is 6.30. The van der Waals surface area contributed by atoms with Gasteiger partial charge in [0, 0.05) is 0 Å². The number of anilines is 1. The average molecular weight is 376 g/mol. The second-order valence-electron chi connectivity index (χ2n) is 6.10. The van der Waals surface area contributed by atoms with Crippen molar-refractivity contribution >= 4 is 28.3 Å². The number of para-hydroxylation sites is 1. The molecule has 1 N–H and O–H groups in total. The van der Waals surface area contributed by atoms with Gasteiger partial charge in [-0.3, -0.25) is 4.57 Å². The van der Waals surface area contributed by atoms with Crippen molar-refractivity contribution in [2.75, 3.05) is 12.6 Å². The Hall–Kier alpha value is -2.64. The van der Waals surface area contributed by atoms with Gasteiger partial charge < -0.3 is 4.74 Å². The van der Waals surface area contributed by atoms with Crippen molar-refractivity contribution in [3.63, 3.8) is 0 Å². The Labute approximate surface area is 153 Å². The number of nitrogens with one attached hydrogen (secondary N) is 1. The zero-order chi connectivity index (χ0) is 18.3. The molecule has 0 amide bonds. The smallest absolute Gasteiger partial charge is 0.354 e. The summed E-state index contributed by atoms with van der Waals surface area (Å²) in [6.45, 7) is 0. The minimum atomic E-state index is -0.611. The first-order chi connectivity index (χ1) is 12.6. The Kier molecular flexibility index (Phi) is 4.26. The molecule has 1 saturated carbocycles. The summed E-state index contributed by atoms with van der Waals surface area (Å²) in [5.74, 6) is 0.831. The van der Waals surface area contributed by atoms with E-state index in [1.807, 2.05) is 17.6 Å². The maximum absolute atomic E-state index is 12.7. The van der Waals surface area contributed by atoms with E-state index in [0.717, 1.165) is 18.4 Å². The maximum Gasteiger partial charge on any atom is 0.354 e. The van der Waals surface area contributed by atoms with E-state index in [2.05, 4.69) is 10.0 Å². The van der Waals surface area contributed by atoms with Crippen LogP contribution in [-0.4, -0.2) is 16.7 Å². The molecule has 0 unspecified atom stereocenters. The van der Waals surface area contributed by atoms with Crippen LogP contribution in [0.2, 0.25) is 5.02 Å². The van der Waals surface area contributed by atoms with Gasteiger partial charge in [-0.2, -0.15) is 4.98 Å². The molecule has 26 heavy (non-hydrogen) atoms. The number of methoxy groups -OCH3 is 1. The fourth-order valence-electron chi connectivity index (χ4n) is 3.13. The zero-order valence-corrected chi connectivity index (χ0v) is 14.6. The molecule has 0 spiro atoms. The first kappa shape index (κ1) is 16.8. The molecule has 0 aliphatic heterocycles. The minimum absolute atomic E-state index is 0.0602. The summed E-state index contributed by atoms with van der Waals surface area (Å²) in [4.78, 5) is 16.6. The lowest BCUT2D eigenvalue weighted by atomic mass is 10.1. The van der Waals surface area contributed by atoms with Gasteiger partial charge in [0.15, 0.2) is 5.82 Å². The second kappa shape index (κ2) is 6.59. The predicted octanol–water partition coefficient (Wildman–Crippen LogP) is 4.15. The standard InChI is InChI=1S/C18H15ClFN3O3/c1-25-15-9-11(10-6-7-10)8-14-16(15)17(22-26-20)21-18(24)23(14)13-5-3-2-4-12(13)19/h2-5,8-10H,6-7H2,1H3,(H,21,22,24). The zero-order valence-electron chi connectivity index (χ0n) is 13.8. The van der Waals surface area contributed by atoms with Crippen molar-refractivity contribution < 1.29 is 14.3 Å². The van der Waals surface area contributed by atoms with Crippen LogP contribution in [0.5, 0.6) is 5.75 Å². The van der Waals surface area contributed by atoms with Gasteiger partial charge in [-0.25, -0.2) is 10.3 Å². The molecule has 1 aromatic heterocycles. The summed E-state index contributed by atoms with van der Waals surface area (Å²) < 4.78 is 19.3. The lowest BCUT2D eigenvalue weighted by Gasteiger charge is -2.17. The summed E-state index contributed by atoms with van der Waals surface area (Å²) in [5.41, 5.74) is 3.46. The molecule has 0 bridgehead atoms. The van der Waals surface area contributed by atoms with Gasteiger partial charge in [-0.05, 0) is 53.1 Å². The summed E-state index contributed by atoms with van der Waals surface area (Å²) in [7, 11) is 1.51. The summed E-state index contributed by atoms with van der Waals surface area (Å²) in [5, 5.41) is 4.33. The Morgan fingerprint density at radius 1 is 1.31 bits per heavy atom. The summed E-state index contributed by atoms with van der Waals surface area (Å²) in [6.07, 6.45) is 2.16. The van der Waals surface area contributed by atoms with Gasteiger partial charge in [0.25, 0.3) is 0 Å². The molecule has 1 fully saturated rings. The normalized spacial score (nSPS) is 13.8. The van der Waals surface area contributed by atoms with Crippen LogP contribution in [0, 0.1) is 0 Å². The Bertz CT molecular complexity index is 1050. The largest absolute Gasteiger partial charge is 0.496 e. The van der Waals surface area contributed by atoms with Gasteiger partial charge in [0.2, 0.25) is 0 Å². The Morgan fingerprint density at radius 3 is 2.73 bits per heavy atom. The lowest BCUT2D eigenvalue weighted by Crippen LogP contribution is -2.24. The van der Waals surface area contributed by atoms with Crippen molar-refractivity contribution in [1.82, 2.24) is 9.55 Å². The molecule has 2 aromatic carbocycles. The molecule has 0 atom stereocenters. The van der Waals surface area contributed by atoms with Crippen LogP contribution < -0.4 is 15.9 Å². The van der Waals surface area contributed by atoms with E-state index in [-0.39, 0.29) is 5.82 Å². The molecule has 0 radical (unpaired) electrons. The molecule has 4 rings (SSSR count). The van der Waals surface area contributed by atoms with E-state index in [1.54, 1.807) is 24.3 Å². The molecule has 8 heteroatoms. The topological polar surface area (TPSA) is 65.4 Å². The number of benzene rings is 2. The molecular formula is C18H15ClFN3O3. The van der Waals surface area contributed by atoms with Crippen molar-refractivity contribution in [3.05, 3.63) is 57.5 Å². The number of aromatic nitrogens is 2. The van der Waals surface area contributed by atoms with Crippen LogP contribution in [0.4, 0.5) is 10.3 Å². The highest BCUT2D eigenvalue weighted by molar-refractivity contribution is 6.32. The number of nitrogens with zero attached hydrogens (tertiary/aromatic N) is 2. The molecule has 3 aromatic rings. The number of rotatable bonds is 5. The van der Waals surface area contributed by atoms with Gasteiger partial charge >= 0.3 is 5.69 Å². The summed E-state index contributed by atoms with van der Waals surface area (Å²) in [6, 6.07) is 10.7. The number of hydrogen-bond acceptors (Lipinski definition) is 5. The van der Waals surface area contributed by atoms with E-state index in [4.69, 9.17) is 16.3 Å². The fourth-order valence-corrected chi connectivity index (χ4v) is 3.35. The number of hydrogen-bond donors (Lipinski definition) is 1. The first-order valence-electron chi connectivity index (χ1n) is 8.07. The number of halogens is 2. The number of fused-ring (bicyclic) bond motifs is 1. The van der Waals surface area contributed by atoms with Gasteiger partial charge in [0.1, 0.15) is 5.75 Å². The van der Waals surface area contributed by atoms with Crippen molar-refractivity contribution in [2.24, 2.45) is 0 Å². The molecule has 6 nitrogen and oxygen atoms in total. The third-order valence-electron chi connectivity index (χ3n) is 4.48. The van der Waals surface area contributed by atoms with E-state index < -0.39 is 5.69 Å². The minimum Gasteiger partial charge on any atom is -0.496 e. The molecular weight excluding hydrogens is 361 g/mol. The fraction of sp³-hybridized carbons (Fsp3) is 0.222. The van der Waals surface area contributed by atoms with Crippen LogP contribution >= 0.6 is 11.6 Å². The highest BCUT2D eigenvalue weighted by Crippen LogP contribution is 2.44. The second-order valence-corrected chi connectivity index (χ2v) is 6.51. The third kappa shape index (κ3) is 2.79. The Morgan fingerprint density at radius 2 is 2.08 bits per heavy atom. The molecule has 134 valence electrons. The van der Waals surface area contributed by atoms with E-state index in [0.29, 0.717) is 33.3 Å². The van der Waals surface area contributed by atoms with Gasteiger partial charge in [-0.15, -0.1) is 0 Å². The molecule has 1 heterocycles. The lowest BCUT2D eigenvalue weighted by molar-refractivity contribution is -0.0977. The van der Waals surface area contributed by atoms with Gasteiger partial charge in [0.05, 0.1) is 28.7 Å². The molecule has 1 aliphatic carbocycles. The number of ether oxygens (including phenoxy) is 1. The SMILES string of the molecule is COc1cc(C2CC2)cc2c1c(NOF)nc(=O)n2-c1ccccc1Cl. The monoisotopic (exact) mass is 375 g/mol. The van der Waals surface area contributed by atoms with Crippen LogP contribution in [0.25, 0.3) is 16.6 Å². The molecule has 0 saturated heterocycles. The quantitative estimate of drug-likeness (QED) is 0.678. The van der Waals surface area contributed by atoms with E-state index >= 15 is 0 Å². The van der Waals surface area contributed by atoms with E-state index in [9.17, 15) is 9.32 Å². The van der Waals surface area contributed by atoms with Crippen LogP contribution in [0.1, 0.15) is 24.3 Å². The van der Waals surface area contributed by atoms with Crippen LogP contribution in [0.3, 0.4) is 0 Å².